The second-order valence-corrected chi connectivity index (χ2v) is 11.6. The van der Waals surface area contributed by atoms with Crippen LogP contribution in [0.25, 0.3) is 11.3 Å². The van der Waals surface area contributed by atoms with Crippen LogP contribution in [-0.4, -0.2) is 54.6 Å². The lowest BCUT2D eigenvalue weighted by Crippen LogP contribution is -2.43. The van der Waals surface area contributed by atoms with Gasteiger partial charge in [-0.3, -0.25) is 4.79 Å². The number of aliphatic hydroxyl groups excluding tert-OH is 1. The molecule has 3 N–H and O–H groups in total. The molecule has 1 saturated carbocycles. The van der Waals surface area contributed by atoms with Crippen molar-refractivity contribution in [1.29, 1.82) is 0 Å². The van der Waals surface area contributed by atoms with Crippen LogP contribution in [0.15, 0.2) is 42.5 Å². The summed E-state index contributed by atoms with van der Waals surface area (Å²) in [5.41, 5.74) is 0.951. The standard InChI is InChI=1S/C31H34ClFN2O6/c1-30(2)10-12-41-28-21(30)16-26(35-27(28)18-4-8-23(33)22(32)14-18)31(38,20-6-7-20)17-34-29(37)19-5-9-24(40-13-11-36)25(15-19)39-3/h4-5,8-9,14-16,20,36,38H,6-7,10-13,17H2,1-3H3,(H,34,37). The molecule has 1 atom stereocenters. The number of methoxy groups -OCH3 is 1. The minimum Gasteiger partial charge on any atom is -0.493 e. The second kappa shape index (κ2) is 11.5. The molecule has 0 bridgehead atoms. The number of ether oxygens (including phenoxy) is 3. The van der Waals surface area contributed by atoms with E-state index < -0.39 is 17.3 Å². The number of pyridine rings is 1. The lowest BCUT2D eigenvalue weighted by Gasteiger charge is -2.36. The van der Waals surface area contributed by atoms with Crippen molar-refractivity contribution in [3.05, 3.63) is 70.1 Å². The van der Waals surface area contributed by atoms with Crippen molar-refractivity contribution in [2.24, 2.45) is 5.92 Å². The number of amides is 1. The van der Waals surface area contributed by atoms with Crippen LogP contribution < -0.4 is 19.5 Å². The van der Waals surface area contributed by atoms with Gasteiger partial charge in [0.15, 0.2) is 11.5 Å². The van der Waals surface area contributed by atoms with Gasteiger partial charge in [0.2, 0.25) is 0 Å². The first-order valence-electron chi connectivity index (χ1n) is 13.6. The lowest BCUT2D eigenvalue weighted by atomic mass is 9.77. The monoisotopic (exact) mass is 584 g/mol. The summed E-state index contributed by atoms with van der Waals surface area (Å²) in [6.45, 7) is 4.59. The quantitative estimate of drug-likeness (QED) is 0.307. The Bertz CT molecular complexity index is 1460. The fourth-order valence-corrected chi connectivity index (χ4v) is 5.37. The lowest BCUT2D eigenvalue weighted by molar-refractivity contribution is 0.00924. The van der Waals surface area contributed by atoms with E-state index in [1.54, 1.807) is 24.3 Å². The Balaban J connectivity index is 1.50. The van der Waals surface area contributed by atoms with Gasteiger partial charge in [0, 0.05) is 16.7 Å². The molecule has 1 fully saturated rings. The number of rotatable bonds is 10. The van der Waals surface area contributed by atoms with Gasteiger partial charge in [0.25, 0.3) is 5.91 Å². The summed E-state index contributed by atoms with van der Waals surface area (Å²) in [4.78, 5) is 18.1. The molecule has 1 aliphatic carbocycles. The van der Waals surface area contributed by atoms with Crippen molar-refractivity contribution in [2.45, 2.75) is 44.1 Å². The topological polar surface area (TPSA) is 110 Å². The number of halogens is 2. The Morgan fingerprint density at radius 3 is 2.68 bits per heavy atom. The molecule has 1 amide bonds. The van der Waals surface area contributed by atoms with Crippen LogP contribution in [0, 0.1) is 11.7 Å². The van der Waals surface area contributed by atoms with E-state index in [1.807, 2.05) is 6.07 Å². The largest absolute Gasteiger partial charge is 0.493 e. The predicted octanol–water partition coefficient (Wildman–Crippen LogP) is 5.01. The van der Waals surface area contributed by atoms with Gasteiger partial charge in [0.05, 0.1) is 37.6 Å². The molecular formula is C31H34ClFN2O6. The molecule has 10 heteroatoms. The molecule has 8 nitrogen and oxygen atoms in total. The summed E-state index contributed by atoms with van der Waals surface area (Å²) in [5, 5.41) is 24.0. The van der Waals surface area contributed by atoms with Gasteiger partial charge in [-0.2, -0.15) is 0 Å². The Kier molecular flexibility index (Phi) is 8.14. The number of aromatic nitrogens is 1. The van der Waals surface area contributed by atoms with Gasteiger partial charge < -0.3 is 29.7 Å². The van der Waals surface area contributed by atoms with Crippen molar-refractivity contribution in [3.63, 3.8) is 0 Å². The second-order valence-electron chi connectivity index (χ2n) is 11.2. The summed E-state index contributed by atoms with van der Waals surface area (Å²) >= 11 is 6.12. The highest BCUT2D eigenvalue weighted by molar-refractivity contribution is 6.31. The molecule has 1 aromatic heterocycles. The molecule has 5 rings (SSSR count). The van der Waals surface area contributed by atoms with E-state index in [1.165, 1.54) is 19.2 Å². The molecule has 218 valence electrons. The Hall–Kier alpha value is -3.40. The third-order valence-corrected chi connectivity index (χ3v) is 8.15. The number of nitrogens with one attached hydrogen (secondary N) is 1. The maximum Gasteiger partial charge on any atom is 0.251 e. The van der Waals surface area contributed by atoms with Crippen molar-refractivity contribution < 1.29 is 33.6 Å². The van der Waals surface area contributed by atoms with E-state index in [2.05, 4.69) is 19.2 Å². The van der Waals surface area contributed by atoms with E-state index >= 15 is 0 Å². The summed E-state index contributed by atoms with van der Waals surface area (Å²) < 4.78 is 30.9. The van der Waals surface area contributed by atoms with Gasteiger partial charge in [-0.1, -0.05) is 25.4 Å². The van der Waals surface area contributed by atoms with Gasteiger partial charge in [-0.25, -0.2) is 9.37 Å². The first-order valence-corrected chi connectivity index (χ1v) is 14.0. The summed E-state index contributed by atoms with van der Waals surface area (Å²) in [5.74, 6) is 0.306. The fraction of sp³-hybridized carbons (Fsp3) is 0.419. The number of nitrogens with zero attached hydrogens (tertiary/aromatic N) is 1. The molecule has 0 radical (unpaired) electrons. The summed E-state index contributed by atoms with van der Waals surface area (Å²) in [6.07, 6.45) is 2.34. The normalized spacial score (nSPS) is 17.1. The van der Waals surface area contributed by atoms with Gasteiger partial charge in [-0.05, 0) is 73.1 Å². The maximum atomic E-state index is 14.0. The van der Waals surface area contributed by atoms with E-state index in [-0.39, 0.29) is 36.1 Å². The molecule has 41 heavy (non-hydrogen) atoms. The number of carbonyl (C=O) groups excluding carboxylic acids is 1. The first-order chi connectivity index (χ1) is 19.6. The van der Waals surface area contributed by atoms with Crippen molar-refractivity contribution in [3.8, 4) is 28.5 Å². The number of hydrogen-bond acceptors (Lipinski definition) is 7. The Morgan fingerprint density at radius 2 is 2.00 bits per heavy atom. The van der Waals surface area contributed by atoms with Crippen LogP contribution in [0.3, 0.4) is 0 Å². The average molecular weight is 585 g/mol. The minimum atomic E-state index is -1.45. The third-order valence-electron chi connectivity index (χ3n) is 7.86. The Labute approximate surface area is 243 Å². The Morgan fingerprint density at radius 1 is 1.22 bits per heavy atom. The van der Waals surface area contributed by atoms with E-state index in [0.717, 1.165) is 24.8 Å². The van der Waals surface area contributed by atoms with Crippen LogP contribution in [-0.2, 0) is 11.0 Å². The molecule has 0 spiro atoms. The number of hydrogen-bond donors (Lipinski definition) is 3. The van der Waals surface area contributed by atoms with Gasteiger partial charge in [0.1, 0.15) is 29.5 Å². The molecule has 2 aliphatic rings. The third kappa shape index (κ3) is 5.84. The van der Waals surface area contributed by atoms with Crippen LogP contribution in [0.1, 0.15) is 54.7 Å². The molecule has 3 aromatic rings. The van der Waals surface area contributed by atoms with Crippen LogP contribution in [0.4, 0.5) is 4.39 Å². The number of fused-ring (bicyclic) bond motifs is 1. The fourth-order valence-electron chi connectivity index (χ4n) is 5.19. The predicted molar refractivity (Wildman–Crippen MR) is 152 cm³/mol. The van der Waals surface area contributed by atoms with Crippen LogP contribution in [0.2, 0.25) is 5.02 Å². The molecule has 0 saturated heterocycles. The van der Waals surface area contributed by atoms with Crippen LogP contribution in [0.5, 0.6) is 17.2 Å². The van der Waals surface area contributed by atoms with Crippen molar-refractivity contribution in [1.82, 2.24) is 10.3 Å². The zero-order chi connectivity index (χ0) is 29.4. The highest BCUT2D eigenvalue weighted by Crippen LogP contribution is 2.49. The molecule has 2 heterocycles. The molecule has 1 aliphatic heterocycles. The maximum absolute atomic E-state index is 14.0. The zero-order valence-corrected chi connectivity index (χ0v) is 24.1. The summed E-state index contributed by atoms with van der Waals surface area (Å²) in [7, 11) is 1.47. The smallest absolute Gasteiger partial charge is 0.251 e. The van der Waals surface area contributed by atoms with E-state index in [0.29, 0.717) is 46.4 Å². The average Bonchev–Trinajstić information content (AvgIpc) is 3.82. The molecule has 2 aromatic carbocycles. The SMILES string of the molecule is COc1cc(C(=O)NCC(O)(c2cc3c(c(-c4ccc(F)c(Cl)c4)n2)OCCC3(C)C)C2CC2)ccc1OCCO. The summed E-state index contributed by atoms with van der Waals surface area (Å²) in [6, 6.07) is 11.0. The van der Waals surface area contributed by atoms with E-state index in [9.17, 15) is 14.3 Å². The highest BCUT2D eigenvalue weighted by Gasteiger charge is 2.48. The molecule has 1 unspecified atom stereocenters. The molecular weight excluding hydrogens is 551 g/mol. The van der Waals surface area contributed by atoms with E-state index in [4.69, 9.17) is 35.9 Å². The van der Waals surface area contributed by atoms with Gasteiger partial charge in [-0.15, -0.1) is 0 Å². The van der Waals surface area contributed by atoms with Gasteiger partial charge >= 0.3 is 0 Å². The van der Waals surface area contributed by atoms with Crippen molar-refractivity contribution >= 4 is 17.5 Å². The zero-order valence-electron chi connectivity index (χ0n) is 23.3. The minimum absolute atomic E-state index is 0.0357. The first kappa shape index (κ1) is 29.1. The number of benzene rings is 2. The van der Waals surface area contributed by atoms with Crippen LogP contribution >= 0.6 is 11.6 Å². The highest BCUT2D eigenvalue weighted by atomic mass is 35.5. The van der Waals surface area contributed by atoms with Crippen molar-refractivity contribution in [2.75, 3.05) is 33.5 Å². The number of aliphatic hydroxyl groups is 2. The number of carbonyl (C=O) groups is 1.